The van der Waals surface area contributed by atoms with E-state index in [1.807, 2.05) is 0 Å². The van der Waals surface area contributed by atoms with Gasteiger partial charge in [0, 0.05) is 6.04 Å². The highest BCUT2D eigenvalue weighted by atomic mass is 14.9. The topological polar surface area (TPSA) is 12.0 Å². The van der Waals surface area contributed by atoms with E-state index in [4.69, 9.17) is 0 Å². The summed E-state index contributed by atoms with van der Waals surface area (Å²) in [5.41, 5.74) is 0. The van der Waals surface area contributed by atoms with Gasteiger partial charge in [-0.1, -0.05) is 46.5 Å². The molecule has 0 aromatic carbocycles. The molecule has 14 heavy (non-hydrogen) atoms. The van der Waals surface area contributed by atoms with Gasteiger partial charge in [0.05, 0.1) is 0 Å². The lowest BCUT2D eigenvalue weighted by Crippen LogP contribution is -2.41. The van der Waals surface area contributed by atoms with Crippen LogP contribution < -0.4 is 5.32 Å². The maximum absolute atomic E-state index is 3.69. The molecule has 0 radical (unpaired) electrons. The highest BCUT2D eigenvalue weighted by molar-refractivity contribution is 4.81. The molecule has 1 N–H and O–H groups in total. The molecule has 0 aromatic rings. The maximum atomic E-state index is 3.69. The second-order valence-corrected chi connectivity index (χ2v) is 4.87. The minimum atomic E-state index is 0.806. The molecule has 0 bridgehead atoms. The molecular formula is C13H27N. The van der Waals surface area contributed by atoms with E-state index in [1.54, 1.807) is 0 Å². The van der Waals surface area contributed by atoms with Crippen LogP contribution in [-0.2, 0) is 0 Å². The maximum Gasteiger partial charge on any atom is 0.00953 e. The Hall–Kier alpha value is -0.0400. The molecule has 1 saturated heterocycles. The van der Waals surface area contributed by atoms with Crippen molar-refractivity contribution in [3.63, 3.8) is 0 Å². The van der Waals surface area contributed by atoms with E-state index in [-0.39, 0.29) is 0 Å². The number of hydrogen-bond donors (Lipinski definition) is 1. The van der Waals surface area contributed by atoms with Gasteiger partial charge in [0.2, 0.25) is 0 Å². The largest absolute Gasteiger partial charge is 0.314 e. The fraction of sp³-hybridized carbons (Fsp3) is 1.00. The Bertz CT molecular complexity index is 133. The van der Waals surface area contributed by atoms with E-state index < -0.39 is 0 Å². The Morgan fingerprint density at radius 2 is 2.07 bits per heavy atom. The molecule has 0 aliphatic carbocycles. The van der Waals surface area contributed by atoms with Crippen molar-refractivity contribution in [2.75, 3.05) is 6.54 Å². The van der Waals surface area contributed by atoms with Gasteiger partial charge in [-0.05, 0) is 31.2 Å². The first-order valence-corrected chi connectivity index (χ1v) is 6.53. The predicted octanol–water partition coefficient (Wildman–Crippen LogP) is 3.59. The summed E-state index contributed by atoms with van der Waals surface area (Å²) < 4.78 is 0. The van der Waals surface area contributed by atoms with Crippen LogP contribution in [0.15, 0.2) is 0 Å². The summed E-state index contributed by atoms with van der Waals surface area (Å²) in [6, 6.07) is 0.806. The highest BCUT2D eigenvalue weighted by Crippen LogP contribution is 2.27. The van der Waals surface area contributed by atoms with E-state index in [2.05, 4.69) is 26.1 Å². The molecular weight excluding hydrogens is 170 g/mol. The molecule has 3 atom stereocenters. The molecule has 0 amide bonds. The summed E-state index contributed by atoms with van der Waals surface area (Å²) in [7, 11) is 0. The van der Waals surface area contributed by atoms with Crippen molar-refractivity contribution in [2.45, 2.75) is 65.3 Å². The molecule has 1 heterocycles. The van der Waals surface area contributed by atoms with Crippen LogP contribution in [0.4, 0.5) is 0 Å². The van der Waals surface area contributed by atoms with Crippen molar-refractivity contribution in [1.29, 1.82) is 0 Å². The number of hydrogen-bond acceptors (Lipinski definition) is 1. The molecule has 1 rings (SSSR count). The third-order valence-corrected chi connectivity index (χ3v) is 3.91. The summed E-state index contributed by atoms with van der Waals surface area (Å²) in [5.74, 6) is 1.82. The zero-order chi connectivity index (χ0) is 10.4. The molecule has 84 valence electrons. The fourth-order valence-electron chi connectivity index (χ4n) is 2.87. The van der Waals surface area contributed by atoms with E-state index in [0.717, 1.165) is 17.9 Å². The summed E-state index contributed by atoms with van der Waals surface area (Å²) in [5, 5.41) is 3.69. The molecule has 0 saturated carbocycles. The van der Waals surface area contributed by atoms with Crippen molar-refractivity contribution in [3.8, 4) is 0 Å². The lowest BCUT2D eigenvalue weighted by Gasteiger charge is -2.34. The van der Waals surface area contributed by atoms with Crippen LogP contribution in [0.25, 0.3) is 0 Å². The Labute approximate surface area is 89.7 Å². The summed E-state index contributed by atoms with van der Waals surface area (Å²) in [6.07, 6.45) is 8.33. The SMILES string of the molecule is CCCC(CC)C(C)C1CCCCN1. The van der Waals surface area contributed by atoms with Gasteiger partial charge in [-0.15, -0.1) is 0 Å². The molecule has 1 heteroatoms. The van der Waals surface area contributed by atoms with Gasteiger partial charge < -0.3 is 5.32 Å². The second kappa shape index (κ2) is 6.44. The van der Waals surface area contributed by atoms with Crippen molar-refractivity contribution < 1.29 is 0 Å². The highest BCUT2D eigenvalue weighted by Gasteiger charge is 2.24. The van der Waals surface area contributed by atoms with Gasteiger partial charge >= 0.3 is 0 Å². The quantitative estimate of drug-likeness (QED) is 0.710. The molecule has 3 unspecified atom stereocenters. The first-order valence-electron chi connectivity index (χ1n) is 6.53. The van der Waals surface area contributed by atoms with Crippen LogP contribution in [0.2, 0.25) is 0 Å². The van der Waals surface area contributed by atoms with E-state index in [9.17, 15) is 0 Å². The second-order valence-electron chi connectivity index (χ2n) is 4.87. The van der Waals surface area contributed by atoms with Crippen LogP contribution in [0.3, 0.4) is 0 Å². The van der Waals surface area contributed by atoms with Crippen molar-refractivity contribution in [1.82, 2.24) is 5.32 Å². The van der Waals surface area contributed by atoms with Gasteiger partial charge in [-0.25, -0.2) is 0 Å². The number of piperidine rings is 1. The third-order valence-electron chi connectivity index (χ3n) is 3.91. The Balaban J connectivity index is 2.38. The van der Waals surface area contributed by atoms with Gasteiger partial charge in [0.25, 0.3) is 0 Å². The van der Waals surface area contributed by atoms with Crippen LogP contribution in [0.1, 0.15) is 59.3 Å². The first-order chi connectivity index (χ1) is 6.79. The summed E-state index contributed by atoms with van der Waals surface area (Å²) >= 11 is 0. The van der Waals surface area contributed by atoms with Crippen LogP contribution in [0, 0.1) is 11.8 Å². The number of rotatable bonds is 5. The van der Waals surface area contributed by atoms with E-state index in [0.29, 0.717) is 0 Å². The van der Waals surface area contributed by atoms with Gasteiger partial charge in [-0.3, -0.25) is 0 Å². The first kappa shape index (κ1) is 12.0. The Morgan fingerprint density at radius 3 is 2.57 bits per heavy atom. The van der Waals surface area contributed by atoms with Gasteiger partial charge in [-0.2, -0.15) is 0 Å². The lowest BCUT2D eigenvalue weighted by molar-refractivity contribution is 0.217. The monoisotopic (exact) mass is 197 g/mol. The standard InChI is InChI=1S/C13H27N/c1-4-8-12(5-2)11(3)13-9-6-7-10-14-13/h11-14H,4-10H2,1-3H3. The summed E-state index contributed by atoms with van der Waals surface area (Å²) in [6.45, 7) is 8.35. The van der Waals surface area contributed by atoms with Crippen molar-refractivity contribution in [2.24, 2.45) is 11.8 Å². The van der Waals surface area contributed by atoms with Gasteiger partial charge in [0.15, 0.2) is 0 Å². The third kappa shape index (κ3) is 3.27. The molecule has 0 aromatic heterocycles. The predicted molar refractivity (Wildman–Crippen MR) is 63.5 cm³/mol. The molecule has 1 aliphatic heterocycles. The zero-order valence-electron chi connectivity index (χ0n) is 10.2. The molecule has 0 spiro atoms. The lowest BCUT2D eigenvalue weighted by atomic mass is 9.80. The minimum Gasteiger partial charge on any atom is -0.314 e. The Morgan fingerprint density at radius 1 is 1.29 bits per heavy atom. The Kier molecular flexibility index (Phi) is 5.54. The van der Waals surface area contributed by atoms with E-state index >= 15 is 0 Å². The van der Waals surface area contributed by atoms with E-state index in [1.165, 1.54) is 45.1 Å². The summed E-state index contributed by atoms with van der Waals surface area (Å²) in [4.78, 5) is 0. The van der Waals surface area contributed by atoms with Crippen molar-refractivity contribution >= 4 is 0 Å². The number of nitrogens with one attached hydrogen (secondary N) is 1. The minimum absolute atomic E-state index is 0.806. The van der Waals surface area contributed by atoms with Crippen LogP contribution in [-0.4, -0.2) is 12.6 Å². The smallest absolute Gasteiger partial charge is 0.00953 e. The van der Waals surface area contributed by atoms with Crippen LogP contribution in [0.5, 0.6) is 0 Å². The zero-order valence-corrected chi connectivity index (χ0v) is 10.2. The average molecular weight is 197 g/mol. The molecule has 1 aliphatic rings. The van der Waals surface area contributed by atoms with Gasteiger partial charge in [0.1, 0.15) is 0 Å². The van der Waals surface area contributed by atoms with Crippen LogP contribution >= 0.6 is 0 Å². The molecule has 1 fully saturated rings. The molecule has 1 nitrogen and oxygen atoms in total. The average Bonchev–Trinajstić information content (AvgIpc) is 2.26. The normalized spacial score (nSPS) is 27.2. The van der Waals surface area contributed by atoms with Crippen molar-refractivity contribution in [3.05, 3.63) is 0 Å². The fourth-order valence-corrected chi connectivity index (χ4v) is 2.87.